The van der Waals surface area contributed by atoms with Crippen molar-refractivity contribution in [1.82, 2.24) is 0 Å². The molecule has 0 saturated heterocycles. The van der Waals surface area contributed by atoms with Gasteiger partial charge in [0.25, 0.3) is 0 Å². The molecular weight excluding hydrogens is 362 g/mol. The predicted octanol–water partition coefficient (Wildman–Crippen LogP) is 2.33. The number of amides is 1. The Morgan fingerprint density at radius 3 is 2.39 bits per heavy atom. The second kappa shape index (κ2) is 6.67. The predicted molar refractivity (Wildman–Crippen MR) is 101 cm³/mol. The van der Waals surface area contributed by atoms with Crippen molar-refractivity contribution in [3.8, 4) is 17.2 Å². The van der Waals surface area contributed by atoms with Gasteiger partial charge in [0.15, 0.2) is 5.78 Å². The van der Waals surface area contributed by atoms with Crippen molar-refractivity contribution < 1.29 is 29.3 Å². The molecule has 0 unspecified atom stereocenters. The van der Waals surface area contributed by atoms with Gasteiger partial charge in [0.2, 0.25) is 11.7 Å². The third-order valence-electron chi connectivity index (χ3n) is 4.85. The van der Waals surface area contributed by atoms with E-state index in [1.54, 1.807) is 26.0 Å². The van der Waals surface area contributed by atoms with Gasteiger partial charge in [0.1, 0.15) is 17.2 Å². The van der Waals surface area contributed by atoms with Crippen LogP contribution in [0.1, 0.15) is 57.7 Å². The number of fused-ring (bicyclic) bond motifs is 2. The Morgan fingerprint density at radius 2 is 1.79 bits per heavy atom. The zero-order valence-electron chi connectivity index (χ0n) is 15.8. The zero-order valence-corrected chi connectivity index (χ0v) is 15.8. The summed E-state index contributed by atoms with van der Waals surface area (Å²) in [5.74, 6) is -2.25. The molecule has 0 radical (unpaired) electrons. The van der Waals surface area contributed by atoms with Gasteiger partial charge in [0.05, 0.1) is 23.8 Å². The van der Waals surface area contributed by atoms with Crippen molar-refractivity contribution >= 4 is 17.5 Å². The molecule has 0 atom stereocenters. The standard InChI is InChI=1S/C21H21NO6/c1-21(2,9-14(22)24)8-10-7-12(23)16-17(18(10)25)19(26)11-5-4-6-13(28-3)15(11)20(16)27/h4-7,23,25H,8-9H2,1-3H3,(H2,22,24). The summed E-state index contributed by atoms with van der Waals surface area (Å²) in [5.41, 5.74) is 4.57. The number of carbonyl (C=O) groups excluding carboxylic acids is 3. The number of phenols is 2. The monoisotopic (exact) mass is 383 g/mol. The molecule has 0 aromatic heterocycles. The van der Waals surface area contributed by atoms with Crippen molar-refractivity contribution in [1.29, 1.82) is 0 Å². The van der Waals surface area contributed by atoms with Crippen LogP contribution in [0.25, 0.3) is 0 Å². The van der Waals surface area contributed by atoms with Crippen LogP contribution in [-0.2, 0) is 11.2 Å². The van der Waals surface area contributed by atoms with Crippen LogP contribution in [0.3, 0.4) is 0 Å². The number of hydrogen-bond donors (Lipinski definition) is 3. The maximum atomic E-state index is 13.0. The summed E-state index contributed by atoms with van der Waals surface area (Å²) in [6.07, 6.45) is 0.228. The summed E-state index contributed by atoms with van der Waals surface area (Å²) >= 11 is 0. The normalized spacial score (nSPS) is 13.1. The number of primary amides is 1. The lowest BCUT2D eigenvalue weighted by molar-refractivity contribution is -0.119. The van der Waals surface area contributed by atoms with Gasteiger partial charge in [0, 0.05) is 12.0 Å². The molecule has 7 nitrogen and oxygen atoms in total. The Balaban J connectivity index is 2.18. The number of ketones is 2. The number of methoxy groups -OCH3 is 1. The lowest BCUT2D eigenvalue weighted by atomic mass is 9.78. The number of ether oxygens (including phenoxy) is 1. The molecule has 0 fully saturated rings. The average molecular weight is 383 g/mol. The fourth-order valence-electron chi connectivity index (χ4n) is 3.73. The van der Waals surface area contributed by atoms with Crippen LogP contribution in [0.4, 0.5) is 0 Å². The fourth-order valence-corrected chi connectivity index (χ4v) is 3.73. The van der Waals surface area contributed by atoms with Crippen LogP contribution in [0.15, 0.2) is 24.3 Å². The molecule has 1 aliphatic rings. The summed E-state index contributed by atoms with van der Waals surface area (Å²) in [6, 6.07) is 5.85. The van der Waals surface area contributed by atoms with Crippen LogP contribution in [0, 0.1) is 5.41 Å². The van der Waals surface area contributed by atoms with Crippen molar-refractivity contribution in [3.63, 3.8) is 0 Å². The number of carbonyl (C=O) groups is 3. The zero-order chi connectivity index (χ0) is 20.8. The third kappa shape index (κ3) is 3.09. The van der Waals surface area contributed by atoms with Gasteiger partial charge in [-0.05, 0) is 29.5 Å². The van der Waals surface area contributed by atoms with Gasteiger partial charge in [-0.15, -0.1) is 0 Å². The summed E-state index contributed by atoms with van der Waals surface area (Å²) in [7, 11) is 1.38. The van der Waals surface area contributed by atoms with Crippen molar-refractivity contribution in [2.45, 2.75) is 26.7 Å². The Kier molecular flexibility index (Phi) is 4.62. The Bertz CT molecular complexity index is 1020. The molecule has 28 heavy (non-hydrogen) atoms. The van der Waals surface area contributed by atoms with Gasteiger partial charge in [-0.1, -0.05) is 26.0 Å². The van der Waals surface area contributed by atoms with Crippen LogP contribution in [-0.4, -0.2) is 34.8 Å². The molecular formula is C21H21NO6. The first-order valence-electron chi connectivity index (χ1n) is 8.70. The van der Waals surface area contributed by atoms with E-state index in [1.165, 1.54) is 19.2 Å². The maximum Gasteiger partial charge on any atom is 0.217 e. The van der Waals surface area contributed by atoms with Crippen molar-refractivity contribution in [2.75, 3.05) is 7.11 Å². The van der Waals surface area contributed by atoms with E-state index in [1.807, 2.05) is 0 Å². The molecule has 1 amide bonds. The summed E-state index contributed by atoms with van der Waals surface area (Å²) in [6.45, 7) is 3.56. The Morgan fingerprint density at radius 1 is 1.11 bits per heavy atom. The van der Waals surface area contributed by atoms with Gasteiger partial charge in [-0.25, -0.2) is 0 Å². The van der Waals surface area contributed by atoms with Crippen LogP contribution in [0.2, 0.25) is 0 Å². The highest BCUT2D eigenvalue weighted by molar-refractivity contribution is 6.31. The minimum Gasteiger partial charge on any atom is -0.507 e. The van der Waals surface area contributed by atoms with Crippen molar-refractivity contribution in [2.24, 2.45) is 11.1 Å². The van der Waals surface area contributed by atoms with Crippen molar-refractivity contribution in [3.05, 3.63) is 52.1 Å². The fraction of sp³-hybridized carbons (Fsp3) is 0.286. The van der Waals surface area contributed by atoms with E-state index in [0.29, 0.717) is 0 Å². The molecule has 0 saturated carbocycles. The highest BCUT2D eigenvalue weighted by atomic mass is 16.5. The molecule has 3 rings (SSSR count). The maximum absolute atomic E-state index is 13.0. The number of phenolic OH excluding ortho intramolecular Hbond substituents is 2. The first kappa shape index (κ1) is 19.4. The SMILES string of the molecule is COc1cccc2c1C(=O)c1c(O)cc(CC(C)(C)CC(N)=O)c(O)c1C2=O. The highest BCUT2D eigenvalue weighted by Gasteiger charge is 2.38. The Hall–Kier alpha value is -3.35. The van der Waals surface area contributed by atoms with E-state index in [4.69, 9.17) is 10.5 Å². The second-order valence-electron chi connectivity index (χ2n) is 7.68. The topological polar surface area (TPSA) is 127 Å². The molecule has 2 aromatic carbocycles. The number of nitrogens with two attached hydrogens (primary N) is 1. The molecule has 1 aliphatic carbocycles. The average Bonchev–Trinajstić information content (AvgIpc) is 2.60. The molecule has 0 bridgehead atoms. The molecule has 146 valence electrons. The van der Waals surface area contributed by atoms with Crippen LogP contribution >= 0.6 is 0 Å². The largest absolute Gasteiger partial charge is 0.507 e. The molecule has 4 N–H and O–H groups in total. The minimum absolute atomic E-state index is 0.0528. The van der Waals surface area contributed by atoms with E-state index in [2.05, 4.69) is 0 Å². The van der Waals surface area contributed by atoms with Gasteiger partial charge in [-0.2, -0.15) is 0 Å². The van der Waals surface area contributed by atoms with E-state index < -0.39 is 28.6 Å². The van der Waals surface area contributed by atoms with Crippen LogP contribution < -0.4 is 10.5 Å². The molecule has 2 aromatic rings. The van der Waals surface area contributed by atoms with Gasteiger partial charge >= 0.3 is 0 Å². The van der Waals surface area contributed by atoms with Crippen LogP contribution in [0.5, 0.6) is 17.2 Å². The van der Waals surface area contributed by atoms with E-state index in [-0.39, 0.29) is 52.2 Å². The quantitative estimate of drug-likeness (QED) is 0.580. The Labute approximate surface area is 161 Å². The second-order valence-corrected chi connectivity index (χ2v) is 7.68. The van der Waals surface area contributed by atoms with E-state index >= 15 is 0 Å². The highest BCUT2D eigenvalue weighted by Crippen LogP contribution is 2.43. The van der Waals surface area contributed by atoms with Gasteiger partial charge < -0.3 is 20.7 Å². The first-order valence-corrected chi connectivity index (χ1v) is 8.70. The molecule has 0 heterocycles. The molecule has 7 heteroatoms. The van der Waals surface area contributed by atoms with E-state index in [0.717, 1.165) is 0 Å². The summed E-state index contributed by atoms with van der Waals surface area (Å²) in [4.78, 5) is 37.3. The third-order valence-corrected chi connectivity index (χ3v) is 4.85. The lowest BCUT2D eigenvalue weighted by Crippen LogP contribution is -2.26. The summed E-state index contributed by atoms with van der Waals surface area (Å²) in [5, 5.41) is 21.3. The van der Waals surface area contributed by atoms with Gasteiger partial charge in [-0.3, -0.25) is 14.4 Å². The summed E-state index contributed by atoms with van der Waals surface area (Å²) < 4.78 is 5.18. The molecule has 0 spiro atoms. The smallest absolute Gasteiger partial charge is 0.217 e. The van der Waals surface area contributed by atoms with E-state index in [9.17, 15) is 24.6 Å². The number of rotatable bonds is 5. The minimum atomic E-state index is -0.618. The number of hydrogen-bond acceptors (Lipinski definition) is 6. The number of benzene rings is 2. The molecule has 0 aliphatic heterocycles. The lowest BCUT2D eigenvalue weighted by Gasteiger charge is -2.26. The number of aromatic hydroxyl groups is 2. The first-order chi connectivity index (χ1) is 13.1.